The highest BCUT2D eigenvalue weighted by Crippen LogP contribution is 2.39. The van der Waals surface area contributed by atoms with E-state index in [9.17, 15) is 27.6 Å². The molecule has 0 aliphatic rings. The van der Waals surface area contributed by atoms with E-state index < -0.39 is 23.3 Å². The topological polar surface area (TPSA) is 152 Å². The molecule has 38 heavy (non-hydrogen) atoms. The summed E-state index contributed by atoms with van der Waals surface area (Å²) >= 11 is 2.10. The minimum Gasteiger partial charge on any atom is -0.491 e. The molecule has 4 rings (SSSR count). The first-order chi connectivity index (χ1) is 17.8. The molecule has 0 fully saturated rings. The van der Waals surface area contributed by atoms with Gasteiger partial charge in [0.1, 0.15) is 21.9 Å². The van der Waals surface area contributed by atoms with Crippen molar-refractivity contribution in [1.82, 2.24) is 4.98 Å². The van der Waals surface area contributed by atoms with Gasteiger partial charge in [-0.2, -0.15) is 0 Å². The molecule has 0 aliphatic carbocycles. The van der Waals surface area contributed by atoms with E-state index in [1.54, 1.807) is 23.6 Å². The molecule has 0 radical (unpaired) electrons. The van der Waals surface area contributed by atoms with Gasteiger partial charge in [-0.3, -0.25) is 14.7 Å². The molecule has 0 unspecified atom stereocenters. The molecular weight excluding hydrogens is 571 g/mol. The molecule has 0 bridgehead atoms. The zero-order valence-corrected chi connectivity index (χ0v) is 23.7. The summed E-state index contributed by atoms with van der Waals surface area (Å²) < 4.78 is 46.5. The van der Waals surface area contributed by atoms with E-state index in [0.29, 0.717) is 33.0 Å². The number of nitrogens with one attached hydrogen (secondary N) is 1. The Morgan fingerprint density at radius 2 is 1.71 bits per heavy atom. The summed E-state index contributed by atoms with van der Waals surface area (Å²) in [5.74, 6) is 0.614. The molecule has 2 aromatic carbocycles. The highest BCUT2D eigenvalue weighted by atomic mass is 32.2. The summed E-state index contributed by atoms with van der Waals surface area (Å²) in [6.45, 7) is 3.69. The molecule has 0 aliphatic heterocycles. The summed E-state index contributed by atoms with van der Waals surface area (Å²) in [6, 6.07) is 13.5. The van der Waals surface area contributed by atoms with Gasteiger partial charge in [0, 0.05) is 23.3 Å². The minimum absolute atomic E-state index is 0.0634. The Kier molecular flexibility index (Phi) is 8.07. The number of thiazole rings is 1. The highest BCUT2D eigenvalue weighted by Gasteiger charge is 2.21. The van der Waals surface area contributed by atoms with Crippen LogP contribution >= 0.6 is 30.3 Å². The van der Waals surface area contributed by atoms with Crippen LogP contribution in [0.5, 0.6) is 17.2 Å². The summed E-state index contributed by atoms with van der Waals surface area (Å²) in [4.78, 5) is 36.8. The maximum absolute atomic E-state index is 13.1. The lowest BCUT2D eigenvalue weighted by molar-refractivity contribution is 0.102. The van der Waals surface area contributed by atoms with Crippen molar-refractivity contribution in [2.45, 2.75) is 24.8 Å². The molecule has 1 amide bonds. The number of hydrogen-bond donors (Lipinski definition) is 3. The molecule has 2 heterocycles. The first-order valence-corrected chi connectivity index (χ1v) is 16.2. The second-order valence-electron chi connectivity index (χ2n) is 8.38. The first kappa shape index (κ1) is 28.0. The van der Waals surface area contributed by atoms with Crippen molar-refractivity contribution in [2.75, 3.05) is 11.6 Å². The number of carbonyl (C=O) groups excluding carboxylic acids is 1. The fraction of sp³-hybridized carbons (Fsp3) is 0.167. The normalized spacial score (nSPS) is 11.9. The molecule has 200 valence electrons. The van der Waals surface area contributed by atoms with Crippen LogP contribution in [0.15, 0.2) is 64.9 Å². The zero-order chi connectivity index (χ0) is 27.7. The molecule has 3 N–H and O–H groups in total. The summed E-state index contributed by atoms with van der Waals surface area (Å²) in [7, 11) is -7.70. The lowest BCUT2D eigenvalue weighted by Crippen LogP contribution is -2.13. The van der Waals surface area contributed by atoms with Crippen LogP contribution in [0.25, 0.3) is 10.6 Å². The van der Waals surface area contributed by atoms with E-state index in [1.165, 1.54) is 47.7 Å². The lowest BCUT2D eigenvalue weighted by atomic mass is 10.2. The second kappa shape index (κ2) is 11.0. The Hall–Kier alpha value is -3.06. The van der Waals surface area contributed by atoms with Crippen LogP contribution in [0, 0.1) is 0 Å². The maximum Gasteiger partial charge on any atom is 0.366 e. The van der Waals surface area contributed by atoms with Crippen molar-refractivity contribution in [2.24, 2.45) is 0 Å². The fourth-order valence-corrected chi connectivity index (χ4v) is 6.39. The zero-order valence-electron chi connectivity index (χ0n) is 20.3. The van der Waals surface area contributed by atoms with Gasteiger partial charge in [0.25, 0.3) is 5.91 Å². The predicted octanol–water partition coefficient (Wildman–Crippen LogP) is 4.91. The molecule has 0 atom stereocenters. The maximum atomic E-state index is 13.1. The van der Waals surface area contributed by atoms with Crippen molar-refractivity contribution in [3.05, 3.63) is 65.5 Å². The van der Waals surface area contributed by atoms with Crippen molar-refractivity contribution in [3.8, 4) is 27.8 Å². The van der Waals surface area contributed by atoms with Gasteiger partial charge < -0.3 is 19.3 Å². The average molecular weight is 595 g/mol. The van der Waals surface area contributed by atoms with E-state index in [-0.39, 0.29) is 21.2 Å². The van der Waals surface area contributed by atoms with E-state index in [2.05, 4.69) is 10.3 Å². The van der Waals surface area contributed by atoms with Crippen LogP contribution in [0.3, 0.4) is 0 Å². The molecule has 0 spiro atoms. The number of nitrogens with zero attached hydrogens (tertiary/aromatic N) is 1. The van der Waals surface area contributed by atoms with Crippen molar-refractivity contribution < 1.29 is 37.0 Å². The SMILES string of the molecule is CC(C)Oc1cc(Oc2ccc(S(C)(=O)=O)cc2)cc(C(=O)Nc2nc(-c3ccc(P(=O)(O)O)s3)cs2)c1. The number of rotatable bonds is 9. The van der Waals surface area contributed by atoms with Crippen molar-refractivity contribution in [3.63, 3.8) is 0 Å². The van der Waals surface area contributed by atoms with Gasteiger partial charge in [-0.1, -0.05) is 0 Å². The third-order valence-electron chi connectivity index (χ3n) is 4.86. The van der Waals surface area contributed by atoms with E-state index in [0.717, 1.165) is 17.6 Å². The number of hydrogen-bond acceptors (Lipinski definition) is 9. The molecule has 4 aromatic rings. The van der Waals surface area contributed by atoms with Gasteiger partial charge in [0.05, 0.1) is 21.6 Å². The van der Waals surface area contributed by atoms with Gasteiger partial charge in [0.2, 0.25) is 0 Å². The Balaban J connectivity index is 1.55. The van der Waals surface area contributed by atoms with Crippen molar-refractivity contribution >= 4 is 55.8 Å². The van der Waals surface area contributed by atoms with Gasteiger partial charge in [-0.25, -0.2) is 13.4 Å². The number of carbonyl (C=O) groups is 1. The van der Waals surface area contributed by atoms with Crippen molar-refractivity contribution in [1.29, 1.82) is 0 Å². The number of aromatic nitrogens is 1. The van der Waals surface area contributed by atoms with Gasteiger partial charge in [0.15, 0.2) is 15.0 Å². The van der Waals surface area contributed by atoms with E-state index >= 15 is 0 Å². The largest absolute Gasteiger partial charge is 0.491 e. The monoisotopic (exact) mass is 594 g/mol. The summed E-state index contributed by atoms with van der Waals surface area (Å²) in [5.41, 5.74) is 0.719. The molecule has 14 heteroatoms. The number of benzene rings is 2. The molecule has 2 aromatic heterocycles. The Bertz CT molecular complexity index is 1620. The third kappa shape index (κ3) is 7.07. The number of ether oxygens (including phenoxy) is 2. The number of sulfone groups is 1. The summed E-state index contributed by atoms with van der Waals surface area (Å²) in [6.07, 6.45) is 0.951. The van der Waals surface area contributed by atoms with Gasteiger partial charge in [-0.15, -0.1) is 22.7 Å². The van der Waals surface area contributed by atoms with Crippen LogP contribution in [0.2, 0.25) is 0 Å². The Labute approximate surface area is 227 Å². The molecule has 10 nitrogen and oxygen atoms in total. The van der Waals surface area contributed by atoms with Crippen LogP contribution in [0.1, 0.15) is 24.2 Å². The smallest absolute Gasteiger partial charge is 0.366 e. The lowest BCUT2D eigenvalue weighted by Gasteiger charge is -2.14. The number of anilines is 1. The van der Waals surface area contributed by atoms with Crippen LogP contribution in [-0.4, -0.2) is 41.5 Å². The fourth-order valence-electron chi connectivity index (χ4n) is 3.23. The van der Waals surface area contributed by atoms with Gasteiger partial charge >= 0.3 is 7.60 Å². The average Bonchev–Trinajstić information content (AvgIpc) is 3.48. The number of thiophene rings is 1. The quantitative estimate of drug-likeness (QED) is 0.230. The molecule has 0 saturated carbocycles. The Morgan fingerprint density at radius 1 is 1.03 bits per heavy atom. The number of amides is 1. The van der Waals surface area contributed by atoms with Crippen LogP contribution < -0.4 is 19.4 Å². The molecule has 0 saturated heterocycles. The molecular formula is C24H23N2O8PS3. The minimum atomic E-state index is -4.35. The van der Waals surface area contributed by atoms with E-state index in [4.69, 9.17) is 9.47 Å². The Morgan fingerprint density at radius 3 is 2.32 bits per heavy atom. The van der Waals surface area contributed by atoms with E-state index in [1.807, 2.05) is 13.8 Å². The van der Waals surface area contributed by atoms with Crippen LogP contribution in [-0.2, 0) is 14.4 Å². The summed E-state index contributed by atoms with van der Waals surface area (Å²) in [5, 5.41) is 4.70. The predicted molar refractivity (Wildman–Crippen MR) is 147 cm³/mol. The highest BCUT2D eigenvalue weighted by molar-refractivity contribution is 7.90. The second-order valence-corrected chi connectivity index (χ2v) is 14.2. The third-order valence-corrected chi connectivity index (χ3v) is 9.36. The van der Waals surface area contributed by atoms with Crippen LogP contribution in [0.4, 0.5) is 5.13 Å². The van der Waals surface area contributed by atoms with Gasteiger partial charge in [-0.05, 0) is 62.4 Å². The standard InChI is InChI=1S/C24H23N2O8PS3/c1-14(2)33-17-10-15(11-18(12-17)34-16-4-6-19(7-5-16)38(3,31)32)23(27)26-24-25-20(13-36-24)21-8-9-22(37-21)35(28,29)30/h4-14H,1-3H3,(H,25,26,27)(H2,28,29,30). The first-order valence-electron chi connectivity index (χ1n) is 11.0.